The number of ether oxygens (including phenoxy) is 1. The van der Waals surface area contributed by atoms with Gasteiger partial charge in [0, 0.05) is 18.1 Å². The lowest BCUT2D eigenvalue weighted by Gasteiger charge is -2.36. The number of ketones is 1. The summed E-state index contributed by atoms with van der Waals surface area (Å²) in [4.78, 5) is 24.9. The van der Waals surface area contributed by atoms with Crippen molar-refractivity contribution in [3.8, 4) is 5.69 Å². The van der Waals surface area contributed by atoms with E-state index < -0.39 is 11.5 Å². The predicted molar refractivity (Wildman–Crippen MR) is 109 cm³/mol. The van der Waals surface area contributed by atoms with Gasteiger partial charge in [0.25, 0.3) is 5.91 Å². The summed E-state index contributed by atoms with van der Waals surface area (Å²) in [6, 6.07) is 5.92. The van der Waals surface area contributed by atoms with Crippen LogP contribution in [0.2, 0.25) is 0 Å². The third-order valence-electron chi connectivity index (χ3n) is 5.56. The van der Waals surface area contributed by atoms with E-state index in [1.54, 1.807) is 36.9 Å². The third kappa shape index (κ3) is 4.01. The van der Waals surface area contributed by atoms with Crippen LogP contribution in [0.25, 0.3) is 5.69 Å². The minimum absolute atomic E-state index is 0.0482. The summed E-state index contributed by atoms with van der Waals surface area (Å²) >= 11 is 0. The van der Waals surface area contributed by atoms with E-state index in [2.05, 4.69) is 24.3 Å². The zero-order valence-electron chi connectivity index (χ0n) is 17.7. The fourth-order valence-corrected chi connectivity index (χ4v) is 4.30. The Balaban J connectivity index is 1.64. The first-order valence-electron chi connectivity index (χ1n) is 10.1. The van der Waals surface area contributed by atoms with Gasteiger partial charge in [-0.3, -0.25) is 9.59 Å². The quantitative estimate of drug-likeness (QED) is 0.834. The van der Waals surface area contributed by atoms with Crippen LogP contribution in [-0.2, 0) is 20.7 Å². The smallest absolute Gasteiger partial charge is 0.286 e. The number of amides is 1. The fraction of sp³-hybridized carbons (Fsp3) is 0.435. The van der Waals surface area contributed by atoms with Gasteiger partial charge in [0.05, 0.1) is 23.6 Å². The third-order valence-corrected chi connectivity index (χ3v) is 5.56. The summed E-state index contributed by atoms with van der Waals surface area (Å²) in [5.74, 6) is -0.778. The maximum Gasteiger partial charge on any atom is 0.286 e. The first-order valence-corrected chi connectivity index (χ1v) is 10.1. The van der Waals surface area contributed by atoms with Gasteiger partial charge in [0.2, 0.25) is 0 Å². The van der Waals surface area contributed by atoms with Crippen LogP contribution in [0.1, 0.15) is 57.8 Å². The van der Waals surface area contributed by atoms with Crippen molar-refractivity contribution in [1.82, 2.24) is 15.1 Å². The van der Waals surface area contributed by atoms with Gasteiger partial charge in [-0.25, -0.2) is 9.07 Å². The maximum atomic E-state index is 13.3. The SMILES string of the molecule is CC1(C)Cc2c(cnn2-c2ccc(F)cc2)[C@H](NC(=O)C2=CC(=O)CC(C)(C)O2)C1. The highest BCUT2D eigenvalue weighted by molar-refractivity contribution is 6.01. The molecule has 1 amide bonds. The Morgan fingerprint density at radius 1 is 1.20 bits per heavy atom. The van der Waals surface area contributed by atoms with Crippen LogP contribution in [0.4, 0.5) is 4.39 Å². The van der Waals surface area contributed by atoms with E-state index in [4.69, 9.17) is 4.74 Å². The molecule has 6 nitrogen and oxygen atoms in total. The summed E-state index contributed by atoms with van der Waals surface area (Å²) in [5.41, 5.74) is 1.89. The van der Waals surface area contributed by atoms with Crippen LogP contribution in [0, 0.1) is 11.2 Å². The van der Waals surface area contributed by atoms with E-state index in [1.807, 2.05) is 0 Å². The summed E-state index contributed by atoms with van der Waals surface area (Å²) in [6.45, 7) is 7.86. The highest BCUT2D eigenvalue weighted by Crippen LogP contribution is 2.41. The molecule has 1 aromatic heterocycles. The van der Waals surface area contributed by atoms with Crippen molar-refractivity contribution in [2.24, 2.45) is 5.41 Å². The lowest BCUT2D eigenvalue weighted by Crippen LogP contribution is -2.41. The van der Waals surface area contributed by atoms with Crippen molar-refractivity contribution in [3.63, 3.8) is 0 Å². The number of carbonyl (C=O) groups excluding carboxylic acids is 2. The molecule has 0 unspecified atom stereocenters. The van der Waals surface area contributed by atoms with Crippen LogP contribution in [-0.4, -0.2) is 27.1 Å². The standard InChI is InChI=1S/C23H26FN3O3/c1-22(2)11-18(26-21(29)20-9-16(28)10-23(3,4)30-20)17-13-25-27(19(17)12-22)15-7-5-14(24)6-8-15/h5-9,13,18H,10-12H2,1-4H3,(H,26,29)/t18-/m1/s1. The van der Waals surface area contributed by atoms with Gasteiger partial charge >= 0.3 is 0 Å². The van der Waals surface area contributed by atoms with Crippen molar-refractivity contribution in [1.29, 1.82) is 0 Å². The van der Waals surface area contributed by atoms with Crippen LogP contribution >= 0.6 is 0 Å². The fourth-order valence-electron chi connectivity index (χ4n) is 4.30. The van der Waals surface area contributed by atoms with Gasteiger partial charge in [-0.15, -0.1) is 0 Å². The number of carbonyl (C=O) groups is 2. The summed E-state index contributed by atoms with van der Waals surface area (Å²) in [7, 11) is 0. The molecule has 1 N–H and O–H groups in total. The molecular formula is C23H26FN3O3. The van der Waals surface area contributed by atoms with Gasteiger partial charge in [0.1, 0.15) is 11.4 Å². The van der Waals surface area contributed by atoms with Crippen LogP contribution in [0.3, 0.4) is 0 Å². The molecule has 158 valence electrons. The number of halogens is 1. The number of hydrogen-bond acceptors (Lipinski definition) is 4. The van der Waals surface area contributed by atoms with Gasteiger partial charge in [-0.2, -0.15) is 5.10 Å². The molecule has 0 saturated carbocycles. The Bertz CT molecular complexity index is 1030. The number of fused-ring (bicyclic) bond motifs is 1. The summed E-state index contributed by atoms with van der Waals surface area (Å²) in [5, 5.41) is 7.55. The Kier molecular flexibility index (Phi) is 4.79. The number of nitrogens with one attached hydrogen (secondary N) is 1. The Labute approximate surface area is 175 Å². The van der Waals surface area contributed by atoms with E-state index >= 15 is 0 Å². The molecule has 1 atom stereocenters. The maximum absolute atomic E-state index is 13.3. The van der Waals surface area contributed by atoms with E-state index in [0.717, 1.165) is 29.8 Å². The molecule has 2 heterocycles. The zero-order valence-corrected chi connectivity index (χ0v) is 17.7. The Morgan fingerprint density at radius 3 is 2.57 bits per heavy atom. The average Bonchev–Trinajstić information content (AvgIpc) is 3.03. The van der Waals surface area contributed by atoms with Crippen LogP contribution < -0.4 is 5.32 Å². The summed E-state index contributed by atoms with van der Waals surface area (Å²) < 4.78 is 20.9. The van der Waals surface area contributed by atoms with Gasteiger partial charge in [-0.1, -0.05) is 13.8 Å². The lowest BCUT2D eigenvalue weighted by molar-refractivity contribution is -0.131. The molecule has 30 heavy (non-hydrogen) atoms. The normalized spacial score (nSPS) is 22.0. The molecule has 2 aliphatic rings. The Hall–Kier alpha value is -2.96. The van der Waals surface area contributed by atoms with Crippen molar-refractivity contribution >= 4 is 11.7 Å². The number of nitrogens with zero attached hydrogens (tertiary/aromatic N) is 2. The summed E-state index contributed by atoms with van der Waals surface area (Å²) in [6.07, 6.45) is 4.78. The average molecular weight is 411 g/mol. The van der Waals surface area contributed by atoms with Gasteiger partial charge < -0.3 is 10.1 Å². The number of allylic oxidation sites excluding steroid dienone is 1. The van der Waals surface area contributed by atoms with Crippen molar-refractivity contribution in [2.75, 3.05) is 0 Å². The van der Waals surface area contributed by atoms with Crippen molar-refractivity contribution in [2.45, 2.75) is 58.6 Å². The molecule has 4 rings (SSSR count). The molecule has 1 aliphatic carbocycles. The Morgan fingerprint density at radius 2 is 1.90 bits per heavy atom. The van der Waals surface area contributed by atoms with Crippen LogP contribution in [0.15, 0.2) is 42.3 Å². The predicted octanol–water partition coefficient (Wildman–Crippen LogP) is 3.79. The molecule has 1 aromatic carbocycles. The second kappa shape index (κ2) is 7.07. The molecule has 0 spiro atoms. The number of aromatic nitrogens is 2. The molecule has 0 radical (unpaired) electrons. The second-order valence-electron chi connectivity index (χ2n) is 9.52. The first-order chi connectivity index (χ1) is 14.0. The molecule has 0 saturated heterocycles. The van der Waals surface area contributed by atoms with E-state index in [0.29, 0.717) is 0 Å². The van der Waals surface area contributed by atoms with E-state index in [-0.39, 0.29) is 35.2 Å². The number of benzene rings is 1. The molecule has 0 bridgehead atoms. The van der Waals surface area contributed by atoms with E-state index in [1.165, 1.54) is 18.2 Å². The molecule has 1 aliphatic heterocycles. The highest BCUT2D eigenvalue weighted by atomic mass is 19.1. The van der Waals surface area contributed by atoms with Crippen molar-refractivity contribution < 1.29 is 18.7 Å². The van der Waals surface area contributed by atoms with Gasteiger partial charge in [-0.05, 0) is 56.4 Å². The largest absolute Gasteiger partial charge is 0.482 e. The minimum Gasteiger partial charge on any atom is -0.482 e. The minimum atomic E-state index is -0.705. The molecule has 2 aromatic rings. The second-order valence-corrected chi connectivity index (χ2v) is 9.52. The highest BCUT2D eigenvalue weighted by Gasteiger charge is 2.38. The molecular weight excluding hydrogens is 385 g/mol. The lowest BCUT2D eigenvalue weighted by atomic mass is 9.74. The topological polar surface area (TPSA) is 73.2 Å². The monoisotopic (exact) mass is 411 g/mol. The van der Waals surface area contributed by atoms with Crippen molar-refractivity contribution in [3.05, 3.63) is 59.4 Å². The van der Waals surface area contributed by atoms with Crippen LogP contribution in [0.5, 0.6) is 0 Å². The van der Waals surface area contributed by atoms with Gasteiger partial charge in [0.15, 0.2) is 11.5 Å². The number of rotatable bonds is 3. The zero-order chi connectivity index (χ0) is 21.7. The first kappa shape index (κ1) is 20.3. The number of hydrogen-bond donors (Lipinski definition) is 1. The van der Waals surface area contributed by atoms with E-state index in [9.17, 15) is 14.0 Å². The molecule has 0 fully saturated rings. The molecule has 7 heteroatoms.